The molecule has 0 aliphatic carbocycles. The van der Waals surface area contributed by atoms with E-state index in [4.69, 9.17) is 9.62 Å². The van der Waals surface area contributed by atoms with Crippen LogP contribution in [-0.4, -0.2) is 56.0 Å². The molecule has 5 rings (SSSR count). The Balaban J connectivity index is 1.30. The Hall–Kier alpha value is -2.48. The third-order valence-electron chi connectivity index (χ3n) is 5.97. The van der Waals surface area contributed by atoms with Crippen LogP contribution in [0, 0.1) is 13.8 Å². The molecule has 2 saturated heterocycles. The van der Waals surface area contributed by atoms with E-state index in [1.807, 2.05) is 24.4 Å². The Morgan fingerprint density at radius 2 is 1.89 bits per heavy atom. The van der Waals surface area contributed by atoms with E-state index in [-0.39, 0.29) is 0 Å². The number of rotatable bonds is 4. The number of nitrogens with zero attached hydrogens (tertiary/aromatic N) is 7. The Kier molecular flexibility index (Phi) is 4.07. The van der Waals surface area contributed by atoms with Crippen molar-refractivity contribution < 1.29 is 4.52 Å². The summed E-state index contributed by atoms with van der Waals surface area (Å²) in [5, 5.41) is 17.7. The monoisotopic (exact) mass is 367 g/mol. The van der Waals surface area contributed by atoms with Gasteiger partial charge in [-0.25, -0.2) is 0 Å². The fraction of sp³-hybridized carbons (Fsp3) is 0.579. The maximum Gasteiger partial charge on any atom is 0.178 e. The summed E-state index contributed by atoms with van der Waals surface area (Å²) >= 11 is 0. The second-order valence-corrected chi connectivity index (χ2v) is 7.71. The largest absolute Gasteiger partial charge is 0.361 e. The topological polar surface area (TPSA) is 75.6 Å². The van der Waals surface area contributed by atoms with Gasteiger partial charge in [0.15, 0.2) is 11.5 Å². The normalized spacial score (nSPS) is 19.0. The lowest BCUT2D eigenvalue weighted by Crippen LogP contribution is -2.38. The molecule has 0 amide bonds. The van der Waals surface area contributed by atoms with E-state index in [0.717, 1.165) is 74.3 Å². The lowest BCUT2D eigenvalue weighted by molar-refractivity contribution is 0.199. The van der Waals surface area contributed by atoms with Crippen molar-refractivity contribution in [2.75, 3.05) is 31.1 Å². The van der Waals surface area contributed by atoms with Crippen LogP contribution in [0.2, 0.25) is 0 Å². The van der Waals surface area contributed by atoms with E-state index in [2.05, 4.69) is 31.2 Å². The van der Waals surface area contributed by atoms with Gasteiger partial charge in [-0.15, -0.1) is 15.3 Å². The van der Waals surface area contributed by atoms with Gasteiger partial charge in [-0.05, 0) is 58.3 Å². The van der Waals surface area contributed by atoms with Gasteiger partial charge in [0, 0.05) is 31.1 Å². The van der Waals surface area contributed by atoms with E-state index in [9.17, 15) is 0 Å². The molecule has 2 fully saturated rings. The SMILES string of the molecule is Cc1noc(C)c1CN1CCC(c2nnc3ccc(N4CCC4)nn23)CC1. The fourth-order valence-corrected chi connectivity index (χ4v) is 4.06. The molecule has 0 aromatic carbocycles. The smallest absolute Gasteiger partial charge is 0.178 e. The minimum Gasteiger partial charge on any atom is -0.361 e. The fourth-order valence-electron chi connectivity index (χ4n) is 4.06. The Morgan fingerprint density at radius 1 is 1.07 bits per heavy atom. The quantitative estimate of drug-likeness (QED) is 0.700. The molecule has 2 aliphatic rings. The molecule has 0 atom stereocenters. The van der Waals surface area contributed by atoms with E-state index in [1.165, 1.54) is 12.0 Å². The van der Waals surface area contributed by atoms with Crippen molar-refractivity contribution in [1.82, 2.24) is 29.9 Å². The van der Waals surface area contributed by atoms with Crippen LogP contribution in [0.5, 0.6) is 0 Å². The minimum atomic E-state index is 0.403. The van der Waals surface area contributed by atoms with Crippen LogP contribution >= 0.6 is 0 Å². The first-order valence-corrected chi connectivity index (χ1v) is 9.80. The number of hydrogen-bond acceptors (Lipinski definition) is 7. The van der Waals surface area contributed by atoms with E-state index >= 15 is 0 Å². The highest BCUT2D eigenvalue weighted by Crippen LogP contribution is 2.29. The molecule has 0 bridgehead atoms. The second-order valence-electron chi connectivity index (χ2n) is 7.71. The number of piperidine rings is 1. The molecule has 2 aliphatic heterocycles. The zero-order valence-corrected chi connectivity index (χ0v) is 15.9. The zero-order valence-electron chi connectivity index (χ0n) is 15.9. The van der Waals surface area contributed by atoms with Gasteiger partial charge in [0.2, 0.25) is 0 Å². The van der Waals surface area contributed by atoms with Gasteiger partial charge in [-0.2, -0.15) is 4.52 Å². The molecule has 142 valence electrons. The van der Waals surface area contributed by atoms with Crippen LogP contribution in [0.25, 0.3) is 5.65 Å². The van der Waals surface area contributed by atoms with Gasteiger partial charge in [-0.1, -0.05) is 5.16 Å². The lowest BCUT2D eigenvalue weighted by atomic mass is 9.95. The molecule has 0 spiro atoms. The van der Waals surface area contributed by atoms with Gasteiger partial charge in [0.25, 0.3) is 0 Å². The van der Waals surface area contributed by atoms with Gasteiger partial charge >= 0.3 is 0 Å². The molecule has 27 heavy (non-hydrogen) atoms. The molecular formula is C19H25N7O. The molecule has 5 heterocycles. The Bertz CT molecular complexity index is 931. The van der Waals surface area contributed by atoms with Crippen molar-refractivity contribution in [2.24, 2.45) is 0 Å². The van der Waals surface area contributed by atoms with E-state index in [0.29, 0.717) is 5.92 Å². The van der Waals surface area contributed by atoms with Gasteiger partial charge < -0.3 is 9.42 Å². The van der Waals surface area contributed by atoms with Gasteiger partial charge in [0.1, 0.15) is 11.6 Å². The molecular weight excluding hydrogens is 342 g/mol. The van der Waals surface area contributed by atoms with Crippen LogP contribution in [0.4, 0.5) is 5.82 Å². The summed E-state index contributed by atoms with van der Waals surface area (Å²) in [5.41, 5.74) is 3.07. The average molecular weight is 367 g/mol. The summed E-state index contributed by atoms with van der Waals surface area (Å²) in [6.45, 7) is 9.18. The van der Waals surface area contributed by atoms with Gasteiger partial charge in [0.05, 0.1) is 5.69 Å². The molecule has 3 aromatic rings. The standard InChI is InChI=1S/C19H25N7O/c1-13-16(14(2)27-23-13)12-24-10-6-15(7-11-24)19-21-20-17-4-5-18(22-26(17)19)25-8-3-9-25/h4-5,15H,3,6-12H2,1-2H3. The maximum absolute atomic E-state index is 5.30. The predicted octanol–water partition coefficient (Wildman–Crippen LogP) is 2.32. The molecule has 0 saturated carbocycles. The van der Waals surface area contributed by atoms with Crippen molar-refractivity contribution in [2.45, 2.75) is 45.6 Å². The molecule has 8 nitrogen and oxygen atoms in total. The third-order valence-corrected chi connectivity index (χ3v) is 5.97. The summed E-state index contributed by atoms with van der Waals surface area (Å²) in [5.74, 6) is 3.37. The second kappa shape index (κ2) is 6.60. The first-order valence-electron chi connectivity index (χ1n) is 9.80. The molecule has 0 radical (unpaired) electrons. The van der Waals surface area contributed by atoms with Crippen LogP contribution in [-0.2, 0) is 6.54 Å². The number of hydrogen-bond donors (Lipinski definition) is 0. The number of fused-ring (bicyclic) bond motifs is 1. The predicted molar refractivity (Wildman–Crippen MR) is 101 cm³/mol. The number of likely N-dealkylation sites (tertiary alicyclic amines) is 1. The summed E-state index contributed by atoms with van der Waals surface area (Å²) in [7, 11) is 0. The Morgan fingerprint density at radius 3 is 2.56 bits per heavy atom. The highest BCUT2D eigenvalue weighted by Gasteiger charge is 2.27. The van der Waals surface area contributed by atoms with Crippen LogP contribution in [0.3, 0.4) is 0 Å². The third kappa shape index (κ3) is 2.97. The highest BCUT2D eigenvalue weighted by atomic mass is 16.5. The summed E-state index contributed by atoms with van der Waals surface area (Å²) < 4.78 is 7.26. The molecule has 8 heteroatoms. The first kappa shape index (κ1) is 16.7. The highest BCUT2D eigenvalue weighted by molar-refractivity contribution is 5.47. The Labute approximate surface area is 158 Å². The van der Waals surface area contributed by atoms with Gasteiger partial charge in [-0.3, -0.25) is 4.90 Å². The molecule has 0 unspecified atom stereocenters. The van der Waals surface area contributed by atoms with Crippen molar-refractivity contribution in [3.8, 4) is 0 Å². The summed E-state index contributed by atoms with van der Waals surface area (Å²) in [6, 6.07) is 4.09. The van der Waals surface area contributed by atoms with Crippen LogP contribution < -0.4 is 4.90 Å². The number of aromatic nitrogens is 5. The zero-order chi connectivity index (χ0) is 18.4. The average Bonchev–Trinajstić information content (AvgIpc) is 3.19. The number of anilines is 1. The number of aryl methyl sites for hydroxylation is 2. The van der Waals surface area contributed by atoms with Crippen molar-refractivity contribution in [1.29, 1.82) is 0 Å². The minimum absolute atomic E-state index is 0.403. The summed E-state index contributed by atoms with van der Waals surface area (Å²) in [6.07, 6.45) is 3.39. The first-order chi connectivity index (χ1) is 13.2. The molecule has 3 aromatic heterocycles. The maximum atomic E-state index is 5.30. The van der Waals surface area contributed by atoms with Crippen LogP contribution in [0.1, 0.15) is 48.0 Å². The van der Waals surface area contributed by atoms with Crippen LogP contribution in [0.15, 0.2) is 16.7 Å². The lowest BCUT2D eigenvalue weighted by Gasteiger charge is -2.32. The van der Waals surface area contributed by atoms with E-state index in [1.54, 1.807) is 0 Å². The summed E-state index contributed by atoms with van der Waals surface area (Å²) in [4.78, 5) is 4.78. The molecule has 0 N–H and O–H groups in total. The van der Waals surface area contributed by atoms with Crippen molar-refractivity contribution in [3.63, 3.8) is 0 Å². The van der Waals surface area contributed by atoms with E-state index < -0.39 is 0 Å². The van der Waals surface area contributed by atoms with Crippen molar-refractivity contribution in [3.05, 3.63) is 35.0 Å². The van der Waals surface area contributed by atoms with Crippen molar-refractivity contribution >= 4 is 11.5 Å².